The maximum atomic E-state index is 6.59. The summed E-state index contributed by atoms with van der Waals surface area (Å²) in [5.41, 5.74) is 15.5. The highest BCUT2D eigenvalue weighted by atomic mass is 16.3. The highest BCUT2D eigenvalue weighted by molar-refractivity contribution is 6.17. The molecule has 0 fully saturated rings. The lowest BCUT2D eigenvalue weighted by atomic mass is 9.96. The molecule has 11 rings (SSSR count). The molecule has 2 heterocycles. The normalized spacial score (nSPS) is 11.5. The molecule has 0 aliphatic carbocycles. The summed E-state index contributed by atoms with van der Waals surface area (Å²) < 4.78 is 8.92. The van der Waals surface area contributed by atoms with E-state index in [1.807, 2.05) is 6.07 Å². The van der Waals surface area contributed by atoms with Gasteiger partial charge in [0.1, 0.15) is 11.1 Å². The average molecular weight is 729 g/mol. The molecule has 0 saturated heterocycles. The van der Waals surface area contributed by atoms with Crippen molar-refractivity contribution in [2.24, 2.45) is 0 Å². The van der Waals surface area contributed by atoms with E-state index in [1.165, 1.54) is 33.0 Å². The standard InChI is InChI=1S/C54H36N2O/c1-4-14-37(15-5-1)38-24-29-43(30-25-38)55(50-35-33-45(40-16-6-2-7-17-40)46-20-10-11-21-47(46)50)44-31-26-39(27-32-44)41-28-34-51-49(36-41)54-53(48-22-12-13-23-52(48)57-54)56(51)42-18-8-3-9-19-42/h1-36H. The van der Waals surface area contributed by atoms with Crippen molar-refractivity contribution in [3.8, 4) is 39.1 Å². The van der Waals surface area contributed by atoms with Gasteiger partial charge in [0, 0.05) is 33.2 Å². The maximum Gasteiger partial charge on any atom is 0.161 e. The van der Waals surface area contributed by atoms with E-state index in [9.17, 15) is 0 Å². The van der Waals surface area contributed by atoms with Gasteiger partial charge in [-0.3, -0.25) is 0 Å². The fraction of sp³-hybridized carbons (Fsp3) is 0. The van der Waals surface area contributed by atoms with E-state index in [0.29, 0.717) is 0 Å². The Balaban J connectivity index is 1.04. The van der Waals surface area contributed by atoms with Crippen LogP contribution in [0.15, 0.2) is 223 Å². The van der Waals surface area contributed by atoms with Crippen LogP contribution in [0.2, 0.25) is 0 Å². The Kier molecular flexibility index (Phi) is 7.82. The third kappa shape index (κ3) is 5.60. The number of para-hydroxylation sites is 2. The van der Waals surface area contributed by atoms with E-state index >= 15 is 0 Å². The zero-order valence-electron chi connectivity index (χ0n) is 31.1. The van der Waals surface area contributed by atoms with Gasteiger partial charge in [0.25, 0.3) is 0 Å². The minimum absolute atomic E-state index is 0.894. The lowest BCUT2D eigenvalue weighted by molar-refractivity contribution is 0.673. The summed E-state index contributed by atoms with van der Waals surface area (Å²) in [6, 6.07) is 78.0. The van der Waals surface area contributed by atoms with Crippen LogP contribution < -0.4 is 4.90 Å². The molecule has 2 aromatic heterocycles. The van der Waals surface area contributed by atoms with Crippen molar-refractivity contribution in [2.45, 2.75) is 0 Å². The number of benzene rings is 9. The molecule has 268 valence electrons. The molecular formula is C54H36N2O. The smallest absolute Gasteiger partial charge is 0.161 e. The van der Waals surface area contributed by atoms with Crippen LogP contribution in [0.3, 0.4) is 0 Å². The molecule has 0 aliphatic heterocycles. The molecule has 0 amide bonds. The van der Waals surface area contributed by atoms with E-state index in [0.717, 1.165) is 66.8 Å². The highest BCUT2D eigenvalue weighted by Crippen LogP contribution is 2.44. The number of furan rings is 1. The van der Waals surface area contributed by atoms with Crippen LogP contribution in [0.4, 0.5) is 17.1 Å². The van der Waals surface area contributed by atoms with E-state index in [1.54, 1.807) is 0 Å². The number of aromatic nitrogens is 1. The molecule has 0 unspecified atom stereocenters. The molecule has 11 aromatic rings. The fourth-order valence-corrected chi connectivity index (χ4v) is 8.51. The third-order valence-electron chi connectivity index (χ3n) is 11.2. The molecule has 3 nitrogen and oxygen atoms in total. The van der Waals surface area contributed by atoms with Crippen LogP contribution in [0.1, 0.15) is 0 Å². The van der Waals surface area contributed by atoms with Crippen LogP contribution in [-0.4, -0.2) is 4.57 Å². The number of rotatable bonds is 7. The lowest BCUT2D eigenvalue weighted by Crippen LogP contribution is -2.10. The van der Waals surface area contributed by atoms with Crippen LogP contribution in [0.5, 0.6) is 0 Å². The molecule has 9 aromatic carbocycles. The van der Waals surface area contributed by atoms with Gasteiger partial charge in [0.05, 0.1) is 11.2 Å². The largest absolute Gasteiger partial charge is 0.454 e. The average Bonchev–Trinajstić information content (AvgIpc) is 3.82. The number of hydrogen-bond donors (Lipinski definition) is 0. The van der Waals surface area contributed by atoms with Gasteiger partial charge < -0.3 is 13.9 Å². The Bertz CT molecular complexity index is 3200. The molecule has 3 heteroatoms. The first kappa shape index (κ1) is 32.8. The van der Waals surface area contributed by atoms with Gasteiger partial charge >= 0.3 is 0 Å². The number of nitrogens with zero attached hydrogens (tertiary/aromatic N) is 2. The van der Waals surface area contributed by atoms with Gasteiger partial charge in [-0.15, -0.1) is 0 Å². The Labute approximate surface area is 330 Å². The fourth-order valence-electron chi connectivity index (χ4n) is 8.51. The Morgan fingerprint density at radius 3 is 1.58 bits per heavy atom. The summed E-state index contributed by atoms with van der Waals surface area (Å²) in [5.74, 6) is 0. The van der Waals surface area contributed by atoms with E-state index in [2.05, 4.69) is 222 Å². The van der Waals surface area contributed by atoms with E-state index in [-0.39, 0.29) is 0 Å². The summed E-state index contributed by atoms with van der Waals surface area (Å²) in [5, 5.41) is 4.62. The van der Waals surface area contributed by atoms with Crippen LogP contribution in [0, 0.1) is 0 Å². The van der Waals surface area contributed by atoms with Crippen molar-refractivity contribution in [1.29, 1.82) is 0 Å². The summed E-state index contributed by atoms with van der Waals surface area (Å²) >= 11 is 0. The third-order valence-corrected chi connectivity index (χ3v) is 11.2. The number of anilines is 3. The van der Waals surface area contributed by atoms with E-state index in [4.69, 9.17) is 4.42 Å². The first-order valence-corrected chi connectivity index (χ1v) is 19.4. The maximum absolute atomic E-state index is 6.59. The van der Waals surface area contributed by atoms with Crippen LogP contribution in [-0.2, 0) is 0 Å². The molecular weight excluding hydrogens is 693 g/mol. The highest BCUT2D eigenvalue weighted by Gasteiger charge is 2.21. The quantitative estimate of drug-likeness (QED) is 0.163. The molecule has 0 spiro atoms. The topological polar surface area (TPSA) is 21.3 Å². The summed E-state index contributed by atoms with van der Waals surface area (Å²) in [4.78, 5) is 2.39. The Hall–Kier alpha value is -7.62. The number of hydrogen-bond acceptors (Lipinski definition) is 2. The van der Waals surface area contributed by atoms with Crippen molar-refractivity contribution < 1.29 is 4.42 Å². The Morgan fingerprint density at radius 2 is 0.895 bits per heavy atom. The SMILES string of the molecule is c1ccc(-c2ccc(N(c3ccc(-c4ccc5c(c4)c4oc6ccccc6c4n5-c4ccccc4)cc3)c3ccc(-c4ccccc4)c4ccccc34)cc2)cc1. The predicted molar refractivity (Wildman–Crippen MR) is 239 cm³/mol. The summed E-state index contributed by atoms with van der Waals surface area (Å²) in [7, 11) is 0. The van der Waals surface area contributed by atoms with Crippen molar-refractivity contribution in [3.63, 3.8) is 0 Å². The van der Waals surface area contributed by atoms with Gasteiger partial charge in [0.2, 0.25) is 0 Å². The lowest BCUT2D eigenvalue weighted by Gasteiger charge is -2.28. The molecule has 0 atom stereocenters. The zero-order valence-corrected chi connectivity index (χ0v) is 31.1. The van der Waals surface area contributed by atoms with Crippen molar-refractivity contribution in [1.82, 2.24) is 4.57 Å². The van der Waals surface area contributed by atoms with Crippen molar-refractivity contribution in [2.75, 3.05) is 4.90 Å². The molecule has 0 N–H and O–H groups in total. The zero-order chi connectivity index (χ0) is 37.7. The predicted octanol–water partition coefficient (Wildman–Crippen LogP) is 15.2. The van der Waals surface area contributed by atoms with Crippen LogP contribution >= 0.6 is 0 Å². The summed E-state index contributed by atoms with van der Waals surface area (Å²) in [6.07, 6.45) is 0. The first-order chi connectivity index (χ1) is 28.3. The van der Waals surface area contributed by atoms with Crippen molar-refractivity contribution >= 4 is 60.8 Å². The van der Waals surface area contributed by atoms with Gasteiger partial charge in [0.15, 0.2) is 5.58 Å². The minimum Gasteiger partial charge on any atom is -0.454 e. The van der Waals surface area contributed by atoms with Gasteiger partial charge in [-0.2, -0.15) is 0 Å². The molecule has 0 radical (unpaired) electrons. The molecule has 0 saturated carbocycles. The van der Waals surface area contributed by atoms with Crippen molar-refractivity contribution in [3.05, 3.63) is 218 Å². The second-order valence-corrected chi connectivity index (χ2v) is 14.5. The van der Waals surface area contributed by atoms with Gasteiger partial charge in [-0.05, 0) is 105 Å². The molecule has 0 aliphatic rings. The monoisotopic (exact) mass is 728 g/mol. The minimum atomic E-state index is 0.894. The first-order valence-electron chi connectivity index (χ1n) is 19.4. The second-order valence-electron chi connectivity index (χ2n) is 14.5. The summed E-state index contributed by atoms with van der Waals surface area (Å²) in [6.45, 7) is 0. The second kappa shape index (κ2) is 13.6. The van der Waals surface area contributed by atoms with Crippen LogP contribution in [0.25, 0.3) is 82.8 Å². The number of fused-ring (bicyclic) bond motifs is 6. The van der Waals surface area contributed by atoms with Gasteiger partial charge in [-0.25, -0.2) is 0 Å². The van der Waals surface area contributed by atoms with E-state index < -0.39 is 0 Å². The molecule has 0 bridgehead atoms. The van der Waals surface area contributed by atoms with Gasteiger partial charge in [-0.1, -0.05) is 152 Å². The Morgan fingerprint density at radius 1 is 0.368 bits per heavy atom. The molecule has 57 heavy (non-hydrogen) atoms.